The van der Waals surface area contributed by atoms with Crippen molar-refractivity contribution in [3.63, 3.8) is 0 Å². The minimum absolute atomic E-state index is 0.212. The van der Waals surface area contributed by atoms with Crippen molar-refractivity contribution < 1.29 is 14.3 Å². The summed E-state index contributed by atoms with van der Waals surface area (Å²) in [5.41, 5.74) is 1.39. The Hall–Kier alpha value is -3.17. The molecule has 0 saturated heterocycles. The zero-order valence-electron chi connectivity index (χ0n) is 18.9. The van der Waals surface area contributed by atoms with Crippen LogP contribution < -0.4 is 25.0 Å². The molecule has 1 amide bonds. The number of thiazole rings is 1. The second kappa shape index (κ2) is 11.6. The SMILES string of the molecule is CCOC(=O)/C=c1\s/c(=C\c2cccs2)c(=O)n1CC(=O)Nc1ccc(N(CC)CC)cc1. The van der Waals surface area contributed by atoms with Gasteiger partial charge in [0.05, 0.1) is 17.2 Å². The third-order valence-electron chi connectivity index (χ3n) is 4.86. The minimum Gasteiger partial charge on any atom is -0.463 e. The van der Waals surface area contributed by atoms with Gasteiger partial charge in [0.2, 0.25) is 5.91 Å². The van der Waals surface area contributed by atoms with Crippen LogP contribution in [0.25, 0.3) is 12.2 Å². The maximum atomic E-state index is 13.0. The molecule has 2 aromatic heterocycles. The second-order valence-corrected chi connectivity index (χ2v) is 9.06. The van der Waals surface area contributed by atoms with Gasteiger partial charge in [-0.3, -0.25) is 14.2 Å². The van der Waals surface area contributed by atoms with Crippen LogP contribution in [0.5, 0.6) is 0 Å². The highest BCUT2D eigenvalue weighted by atomic mass is 32.1. The number of benzene rings is 1. The van der Waals surface area contributed by atoms with E-state index >= 15 is 0 Å². The molecule has 0 saturated carbocycles. The average molecular weight is 486 g/mol. The maximum Gasteiger partial charge on any atom is 0.333 e. The average Bonchev–Trinajstić information content (AvgIpc) is 3.40. The number of thiophene rings is 1. The minimum atomic E-state index is -0.553. The van der Waals surface area contributed by atoms with Gasteiger partial charge in [0.15, 0.2) is 0 Å². The van der Waals surface area contributed by atoms with Crippen molar-refractivity contribution in [2.45, 2.75) is 27.3 Å². The summed E-state index contributed by atoms with van der Waals surface area (Å²) in [5.74, 6) is -0.908. The van der Waals surface area contributed by atoms with E-state index < -0.39 is 5.97 Å². The van der Waals surface area contributed by atoms with E-state index in [2.05, 4.69) is 24.1 Å². The fourth-order valence-corrected chi connectivity index (χ4v) is 5.02. The molecule has 0 fully saturated rings. The number of carbonyl (C=O) groups excluding carboxylic acids is 2. The molecule has 0 atom stereocenters. The summed E-state index contributed by atoms with van der Waals surface area (Å²) >= 11 is 2.66. The lowest BCUT2D eigenvalue weighted by atomic mass is 10.2. The number of esters is 1. The van der Waals surface area contributed by atoms with Crippen molar-refractivity contribution in [1.82, 2.24) is 4.57 Å². The molecule has 0 aliphatic rings. The van der Waals surface area contributed by atoms with Crippen LogP contribution in [0.4, 0.5) is 11.4 Å². The smallest absolute Gasteiger partial charge is 0.333 e. The van der Waals surface area contributed by atoms with Gasteiger partial charge in [-0.2, -0.15) is 0 Å². The molecule has 2 heterocycles. The number of carbonyl (C=O) groups is 2. The lowest BCUT2D eigenvalue weighted by Crippen LogP contribution is -2.36. The Kier molecular flexibility index (Phi) is 8.62. The summed E-state index contributed by atoms with van der Waals surface area (Å²) in [6.07, 6.45) is 3.02. The van der Waals surface area contributed by atoms with Crippen molar-refractivity contribution in [2.75, 3.05) is 29.9 Å². The van der Waals surface area contributed by atoms with Crippen LogP contribution in [0.2, 0.25) is 0 Å². The number of nitrogens with one attached hydrogen (secondary N) is 1. The van der Waals surface area contributed by atoms with Crippen molar-refractivity contribution >= 4 is 58.1 Å². The summed E-state index contributed by atoms with van der Waals surface area (Å²) in [6, 6.07) is 11.4. The molecule has 174 valence electrons. The first kappa shape index (κ1) is 24.5. The van der Waals surface area contributed by atoms with Gasteiger partial charge in [-0.05, 0) is 62.6 Å². The molecular weight excluding hydrogens is 458 g/mol. The summed E-state index contributed by atoms with van der Waals surface area (Å²) in [6.45, 7) is 7.70. The van der Waals surface area contributed by atoms with Crippen LogP contribution in [0.15, 0.2) is 46.6 Å². The Morgan fingerprint density at radius 2 is 1.85 bits per heavy atom. The van der Waals surface area contributed by atoms with Gasteiger partial charge in [0.25, 0.3) is 5.56 Å². The molecule has 0 aliphatic carbocycles. The molecule has 33 heavy (non-hydrogen) atoms. The van der Waals surface area contributed by atoms with Crippen LogP contribution in [0.3, 0.4) is 0 Å². The number of nitrogens with zero attached hydrogens (tertiary/aromatic N) is 2. The van der Waals surface area contributed by atoms with E-state index in [4.69, 9.17) is 4.74 Å². The Morgan fingerprint density at radius 3 is 2.45 bits per heavy atom. The molecule has 3 aromatic rings. The van der Waals surface area contributed by atoms with E-state index in [-0.39, 0.29) is 24.6 Å². The second-order valence-electron chi connectivity index (χ2n) is 7.02. The summed E-state index contributed by atoms with van der Waals surface area (Å²) < 4.78 is 7.11. The lowest BCUT2D eigenvalue weighted by Gasteiger charge is -2.21. The van der Waals surface area contributed by atoms with Crippen molar-refractivity contribution in [1.29, 1.82) is 0 Å². The first-order valence-electron chi connectivity index (χ1n) is 10.7. The molecule has 3 rings (SSSR count). The third-order valence-corrected chi connectivity index (χ3v) is 6.74. The van der Waals surface area contributed by atoms with Crippen LogP contribution in [0.1, 0.15) is 25.6 Å². The van der Waals surface area contributed by atoms with E-state index in [1.165, 1.54) is 22.0 Å². The van der Waals surface area contributed by atoms with Gasteiger partial charge in [0.1, 0.15) is 11.2 Å². The topological polar surface area (TPSA) is 80.6 Å². The first-order valence-corrected chi connectivity index (χ1v) is 12.4. The normalized spacial score (nSPS) is 12.1. The molecule has 0 unspecified atom stereocenters. The summed E-state index contributed by atoms with van der Waals surface area (Å²) in [4.78, 5) is 40.9. The number of hydrogen-bond donors (Lipinski definition) is 1. The quantitative estimate of drug-likeness (QED) is 0.472. The third kappa shape index (κ3) is 6.43. The summed E-state index contributed by atoms with van der Waals surface area (Å²) in [5, 5.41) is 4.75. The van der Waals surface area contributed by atoms with E-state index in [0.29, 0.717) is 14.9 Å². The number of hydrogen-bond acceptors (Lipinski definition) is 7. The highest BCUT2D eigenvalue weighted by Crippen LogP contribution is 2.17. The van der Waals surface area contributed by atoms with E-state index in [1.807, 2.05) is 41.8 Å². The molecule has 0 bridgehead atoms. The Labute approximate surface area is 200 Å². The zero-order chi connectivity index (χ0) is 23.8. The van der Waals surface area contributed by atoms with Gasteiger partial charge < -0.3 is 15.0 Å². The predicted octanol–water partition coefficient (Wildman–Crippen LogP) is 2.63. The fourth-order valence-electron chi connectivity index (χ4n) is 3.27. The van der Waals surface area contributed by atoms with E-state index in [1.54, 1.807) is 13.0 Å². The molecular formula is C24H27N3O4S2. The number of amides is 1. The van der Waals surface area contributed by atoms with E-state index in [9.17, 15) is 14.4 Å². The summed E-state index contributed by atoms with van der Waals surface area (Å²) in [7, 11) is 0. The molecule has 7 nitrogen and oxygen atoms in total. The number of anilines is 2. The van der Waals surface area contributed by atoms with Crippen molar-refractivity contribution in [2.24, 2.45) is 0 Å². The molecule has 0 radical (unpaired) electrons. The highest BCUT2D eigenvalue weighted by molar-refractivity contribution is 7.11. The lowest BCUT2D eigenvalue weighted by molar-refractivity contribution is -0.135. The Morgan fingerprint density at radius 1 is 1.12 bits per heavy atom. The van der Waals surface area contributed by atoms with Gasteiger partial charge >= 0.3 is 5.97 Å². The maximum absolute atomic E-state index is 13.0. The van der Waals surface area contributed by atoms with Crippen LogP contribution in [-0.4, -0.2) is 36.1 Å². The molecule has 0 spiro atoms. The van der Waals surface area contributed by atoms with Crippen LogP contribution in [-0.2, 0) is 20.9 Å². The molecule has 1 aromatic carbocycles. The number of ether oxygens (including phenoxy) is 1. The fraction of sp³-hybridized carbons (Fsp3) is 0.292. The predicted molar refractivity (Wildman–Crippen MR) is 135 cm³/mol. The standard InChI is InChI=1S/C24H27N3O4S2/c1-4-26(5-2)18-11-9-17(10-12-18)25-21(28)16-27-22(15-23(29)31-6-3)33-20(24(27)30)14-19-8-7-13-32-19/h7-15H,4-6,16H2,1-3H3,(H,25,28)/b20-14-,22-15-. The van der Waals surface area contributed by atoms with E-state index in [0.717, 1.165) is 35.0 Å². The number of rotatable bonds is 9. The van der Waals surface area contributed by atoms with Gasteiger partial charge in [-0.1, -0.05) is 6.07 Å². The highest BCUT2D eigenvalue weighted by Gasteiger charge is 2.12. The Balaban J connectivity index is 1.87. The molecule has 9 heteroatoms. The van der Waals surface area contributed by atoms with Gasteiger partial charge in [-0.15, -0.1) is 22.7 Å². The van der Waals surface area contributed by atoms with Gasteiger partial charge in [-0.25, -0.2) is 4.79 Å². The van der Waals surface area contributed by atoms with Gasteiger partial charge in [0, 0.05) is 29.3 Å². The van der Waals surface area contributed by atoms with Crippen LogP contribution in [0, 0.1) is 0 Å². The molecule has 0 aliphatic heterocycles. The van der Waals surface area contributed by atoms with Crippen molar-refractivity contribution in [3.8, 4) is 0 Å². The molecule has 1 N–H and O–H groups in total. The largest absolute Gasteiger partial charge is 0.463 e. The van der Waals surface area contributed by atoms with Crippen molar-refractivity contribution in [3.05, 3.63) is 66.2 Å². The Bertz CT molecular complexity index is 1250. The van der Waals surface area contributed by atoms with Crippen LogP contribution >= 0.6 is 22.7 Å². The number of aromatic nitrogens is 1. The monoisotopic (exact) mass is 485 g/mol. The first-order chi connectivity index (χ1) is 15.9. The zero-order valence-corrected chi connectivity index (χ0v) is 20.5.